The van der Waals surface area contributed by atoms with E-state index in [0.717, 1.165) is 12.0 Å². The molecule has 1 aliphatic rings. The van der Waals surface area contributed by atoms with Crippen LogP contribution in [0.15, 0.2) is 48.5 Å². The van der Waals surface area contributed by atoms with E-state index in [1.807, 2.05) is 52.0 Å². The molecule has 6 nitrogen and oxygen atoms in total. The molecule has 0 saturated carbocycles. The quantitative estimate of drug-likeness (QED) is 0.647. The number of fused-ring (bicyclic) bond motifs is 1. The number of sulfonamides is 1. The van der Waals surface area contributed by atoms with Gasteiger partial charge in [0.05, 0.1) is 18.0 Å². The monoisotopic (exact) mass is 468 g/mol. The summed E-state index contributed by atoms with van der Waals surface area (Å²) in [7, 11) is -3.43. The van der Waals surface area contributed by atoms with Gasteiger partial charge in [-0.05, 0) is 52.3 Å². The fourth-order valence-electron chi connectivity index (χ4n) is 4.03. The van der Waals surface area contributed by atoms with Gasteiger partial charge in [-0.15, -0.1) is 12.4 Å². The summed E-state index contributed by atoms with van der Waals surface area (Å²) in [5, 5.41) is 14.4. The molecular formula is C23H33ClN2O4S. The van der Waals surface area contributed by atoms with E-state index in [0.29, 0.717) is 18.0 Å². The number of aliphatic hydroxyl groups is 1. The normalized spacial score (nSPS) is 19.8. The van der Waals surface area contributed by atoms with Crippen molar-refractivity contribution in [1.29, 1.82) is 0 Å². The largest absolute Gasteiger partial charge is 0.485 e. The minimum absolute atomic E-state index is 0. The Labute approximate surface area is 192 Å². The number of nitrogens with zero attached hydrogens (tertiary/aromatic N) is 1. The van der Waals surface area contributed by atoms with E-state index in [2.05, 4.69) is 17.4 Å². The van der Waals surface area contributed by atoms with Crippen LogP contribution < -0.4 is 14.4 Å². The maximum atomic E-state index is 12.3. The molecule has 0 unspecified atom stereocenters. The molecule has 0 bridgehead atoms. The van der Waals surface area contributed by atoms with Crippen LogP contribution in [-0.2, 0) is 16.4 Å². The molecule has 2 aromatic rings. The molecule has 0 fully saturated rings. The van der Waals surface area contributed by atoms with Gasteiger partial charge in [0.25, 0.3) is 0 Å². The van der Waals surface area contributed by atoms with Gasteiger partial charge in [0.15, 0.2) is 0 Å². The van der Waals surface area contributed by atoms with Gasteiger partial charge in [0.1, 0.15) is 17.5 Å². The third-order valence-corrected chi connectivity index (χ3v) is 6.78. The van der Waals surface area contributed by atoms with Crippen molar-refractivity contribution in [1.82, 2.24) is 5.32 Å². The first kappa shape index (κ1) is 25.5. The Kier molecular flexibility index (Phi) is 8.03. The van der Waals surface area contributed by atoms with Crippen molar-refractivity contribution in [2.24, 2.45) is 0 Å². The van der Waals surface area contributed by atoms with Gasteiger partial charge >= 0.3 is 0 Å². The van der Waals surface area contributed by atoms with Crippen molar-refractivity contribution in [3.05, 3.63) is 59.7 Å². The molecule has 0 aliphatic carbocycles. The smallest absolute Gasteiger partial charge is 0.232 e. The number of ether oxygens (including phenoxy) is 1. The van der Waals surface area contributed by atoms with Gasteiger partial charge in [-0.1, -0.05) is 36.4 Å². The maximum absolute atomic E-state index is 12.3. The summed E-state index contributed by atoms with van der Waals surface area (Å²) in [6, 6.07) is 15.0. The second-order valence-electron chi connectivity index (χ2n) is 8.69. The molecule has 3 rings (SSSR count). The van der Waals surface area contributed by atoms with Crippen molar-refractivity contribution in [2.45, 2.75) is 57.9 Å². The molecule has 31 heavy (non-hydrogen) atoms. The van der Waals surface area contributed by atoms with E-state index < -0.39 is 21.7 Å². The fraction of sp³-hybridized carbons (Fsp3) is 0.478. The summed E-state index contributed by atoms with van der Waals surface area (Å²) in [6.07, 6.45) is 1.30. The lowest BCUT2D eigenvalue weighted by Gasteiger charge is -2.43. The van der Waals surface area contributed by atoms with E-state index >= 15 is 0 Å². The lowest BCUT2D eigenvalue weighted by Crippen LogP contribution is -2.52. The second-order valence-corrected chi connectivity index (χ2v) is 10.6. The van der Waals surface area contributed by atoms with Crippen molar-refractivity contribution in [2.75, 3.05) is 17.1 Å². The molecule has 0 aromatic heterocycles. The summed E-state index contributed by atoms with van der Waals surface area (Å²) in [5.41, 5.74) is 1.79. The Bertz CT molecular complexity index is 980. The standard InChI is InChI=1S/C23H32N2O4S.ClH/c1-16(2)25(30(5,27)28)18-11-12-19-20(15-18)29-23(3,4)22(26)21(19)24-14-13-17-9-7-6-8-10-17;/h6-12,15-16,21-22,24,26H,13-14H2,1-5H3;1H/t21-,22+;/m0./s1. The van der Waals surface area contributed by atoms with Crippen LogP contribution in [0.25, 0.3) is 0 Å². The zero-order valence-electron chi connectivity index (χ0n) is 18.7. The Hall–Kier alpha value is -1.80. The van der Waals surface area contributed by atoms with Crippen molar-refractivity contribution in [3.63, 3.8) is 0 Å². The minimum atomic E-state index is -3.43. The summed E-state index contributed by atoms with van der Waals surface area (Å²) in [5.74, 6) is 0.592. The highest BCUT2D eigenvalue weighted by molar-refractivity contribution is 7.92. The molecule has 0 amide bonds. The molecule has 2 aromatic carbocycles. The molecule has 2 N–H and O–H groups in total. The predicted octanol–water partition coefficient (Wildman–Crippen LogP) is 3.69. The minimum Gasteiger partial charge on any atom is -0.485 e. The van der Waals surface area contributed by atoms with Crippen LogP contribution in [0, 0.1) is 0 Å². The van der Waals surface area contributed by atoms with Crippen LogP contribution in [-0.4, -0.2) is 44.1 Å². The Morgan fingerprint density at radius 2 is 1.81 bits per heavy atom. The van der Waals surface area contributed by atoms with Crippen LogP contribution in [0.5, 0.6) is 5.75 Å². The zero-order valence-corrected chi connectivity index (χ0v) is 20.3. The van der Waals surface area contributed by atoms with Gasteiger partial charge in [0, 0.05) is 17.7 Å². The van der Waals surface area contributed by atoms with E-state index in [1.165, 1.54) is 16.1 Å². The number of hydrogen-bond donors (Lipinski definition) is 2. The molecule has 0 spiro atoms. The zero-order chi connectivity index (χ0) is 22.1. The molecule has 0 saturated heterocycles. The topological polar surface area (TPSA) is 78.9 Å². The summed E-state index contributed by atoms with van der Waals surface area (Å²) in [4.78, 5) is 0. The van der Waals surface area contributed by atoms with Crippen molar-refractivity contribution >= 4 is 28.1 Å². The van der Waals surface area contributed by atoms with Gasteiger partial charge in [-0.3, -0.25) is 4.31 Å². The van der Waals surface area contributed by atoms with E-state index in [1.54, 1.807) is 12.1 Å². The number of halogens is 1. The average molecular weight is 469 g/mol. The number of aliphatic hydroxyl groups excluding tert-OH is 1. The van der Waals surface area contributed by atoms with E-state index in [4.69, 9.17) is 4.74 Å². The Morgan fingerprint density at radius 1 is 1.16 bits per heavy atom. The summed E-state index contributed by atoms with van der Waals surface area (Å²) < 4.78 is 32.1. The molecule has 0 radical (unpaired) electrons. The third kappa shape index (κ3) is 5.71. The van der Waals surface area contributed by atoms with Crippen molar-refractivity contribution in [3.8, 4) is 5.75 Å². The Balaban J connectivity index is 0.00000341. The first-order valence-electron chi connectivity index (χ1n) is 10.3. The van der Waals surface area contributed by atoms with Crippen LogP contribution in [0.2, 0.25) is 0 Å². The number of anilines is 1. The van der Waals surface area contributed by atoms with Crippen molar-refractivity contribution < 1.29 is 18.3 Å². The third-order valence-electron chi connectivity index (χ3n) is 5.43. The highest BCUT2D eigenvalue weighted by Gasteiger charge is 2.43. The van der Waals surface area contributed by atoms with Gasteiger partial charge in [-0.2, -0.15) is 0 Å². The maximum Gasteiger partial charge on any atom is 0.232 e. The summed E-state index contributed by atoms with van der Waals surface area (Å²) >= 11 is 0. The predicted molar refractivity (Wildman–Crippen MR) is 128 cm³/mol. The SMILES string of the molecule is CC(C)N(c1ccc2c(c1)OC(C)(C)[C@H](O)[C@H]2NCCc1ccccc1)S(C)(=O)=O.Cl. The Morgan fingerprint density at radius 3 is 2.39 bits per heavy atom. The lowest BCUT2D eigenvalue weighted by atomic mass is 9.86. The van der Waals surface area contributed by atoms with E-state index in [9.17, 15) is 13.5 Å². The first-order chi connectivity index (χ1) is 14.0. The number of hydrogen-bond acceptors (Lipinski definition) is 5. The van der Waals surface area contributed by atoms with Crippen LogP contribution in [0.4, 0.5) is 5.69 Å². The second kappa shape index (κ2) is 9.77. The average Bonchev–Trinajstić information content (AvgIpc) is 2.64. The van der Waals surface area contributed by atoms with Gasteiger partial charge in [0.2, 0.25) is 10.0 Å². The lowest BCUT2D eigenvalue weighted by molar-refractivity contribution is -0.0643. The van der Waals surface area contributed by atoms with E-state index in [-0.39, 0.29) is 24.5 Å². The first-order valence-corrected chi connectivity index (χ1v) is 12.1. The van der Waals surface area contributed by atoms with Gasteiger partial charge < -0.3 is 15.2 Å². The molecule has 172 valence electrons. The highest BCUT2D eigenvalue weighted by atomic mass is 35.5. The number of nitrogens with one attached hydrogen (secondary N) is 1. The molecule has 1 heterocycles. The highest BCUT2D eigenvalue weighted by Crippen LogP contribution is 2.42. The van der Waals surface area contributed by atoms with Crippen LogP contribution in [0.1, 0.15) is 44.9 Å². The fourth-order valence-corrected chi connectivity index (χ4v) is 5.29. The molecule has 2 atom stereocenters. The van der Waals surface area contributed by atoms with Gasteiger partial charge in [-0.25, -0.2) is 8.42 Å². The van der Waals surface area contributed by atoms with Crippen LogP contribution in [0.3, 0.4) is 0 Å². The van der Waals surface area contributed by atoms with Crippen LogP contribution >= 0.6 is 12.4 Å². The molecule has 1 aliphatic heterocycles. The summed E-state index contributed by atoms with van der Waals surface area (Å²) in [6.45, 7) is 8.06. The number of rotatable bonds is 7. The molecular weight excluding hydrogens is 436 g/mol. The number of benzene rings is 2. The molecule has 8 heteroatoms.